The lowest BCUT2D eigenvalue weighted by molar-refractivity contribution is -0.154. The van der Waals surface area contributed by atoms with Crippen molar-refractivity contribution in [3.05, 3.63) is 42.1 Å². The highest BCUT2D eigenvalue weighted by atomic mass is 16.5. The lowest BCUT2D eigenvalue weighted by Gasteiger charge is -2.29. The number of hydrogen-bond donors (Lipinski definition) is 0. The molecule has 0 radical (unpaired) electrons. The third kappa shape index (κ3) is 6.05. The van der Waals surface area contributed by atoms with E-state index in [1.54, 1.807) is 45.0 Å². The van der Waals surface area contributed by atoms with E-state index in [0.29, 0.717) is 10.9 Å². The number of amides is 1. The van der Waals surface area contributed by atoms with Gasteiger partial charge in [-0.1, -0.05) is 18.2 Å². The predicted molar refractivity (Wildman–Crippen MR) is 124 cm³/mol. The fourth-order valence-corrected chi connectivity index (χ4v) is 2.96. The molecule has 0 N–H and O–H groups in total. The Morgan fingerprint density at radius 3 is 2.32 bits per heavy atom. The van der Waals surface area contributed by atoms with E-state index in [1.165, 1.54) is 19.2 Å². The Labute approximate surface area is 197 Å². The number of methoxy groups -OCH3 is 2. The van der Waals surface area contributed by atoms with E-state index >= 15 is 0 Å². The molecule has 0 aliphatic heterocycles. The highest BCUT2D eigenvalue weighted by molar-refractivity contribution is 6.40. The first-order valence-corrected chi connectivity index (χ1v) is 10.4. The summed E-state index contributed by atoms with van der Waals surface area (Å²) in [5.74, 6) is -1.91. The highest BCUT2D eigenvalue weighted by Gasteiger charge is 2.42. The van der Waals surface area contributed by atoms with Crippen LogP contribution in [0.3, 0.4) is 0 Å². The molecule has 34 heavy (non-hydrogen) atoms. The minimum Gasteiger partial charge on any atom is -0.467 e. The molecule has 1 atom stereocenters. The van der Waals surface area contributed by atoms with Crippen LogP contribution < -0.4 is 4.90 Å². The molecule has 2 rings (SSSR count). The molecule has 0 spiro atoms. The summed E-state index contributed by atoms with van der Waals surface area (Å²) in [4.78, 5) is 60.9. The van der Waals surface area contributed by atoms with Gasteiger partial charge in [-0.3, -0.25) is 14.7 Å². The minimum absolute atomic E-state index is 0.0746. The summed E-state index contributed by atoms with van der Waals surface area (Å²) in [6.45, 7) is 6.69. The Morgan fingerprint density at radius 1 is 1.06 bits per heavy atom. The molecular formula is C24H27N3O7. The Morgan fingerprint density at radius 2 is 1.74 bits per heavy atom. The van der Waals surface area contributed by atoms with Gasteiger partial charge >= 0.3 is 23.8 Å². The topological polar surface area (TPSA) is 124 Å². The summed E-state index contributed by atoms with van der Waals surface area (Å²) in [6, 6.07) is 6.50. The van der Waals surface area contributed by atoms with Crippen molar-refractivity contribution in [1.29, 1.82) is 0 Å². The molecule has 0 saturated carbocycles. The van der Waals surface area contributed by atoms with E-state index in [0.717, 1.165) is 19.1 Å². The number of esters is 3. The fraction of sp³-hybridized carbons (Fsp3) is 0.375. The Balaban J connectivity index is 2.94. The normalized spacial score (nSPS) is 11.6. The van der Waals surface area contributed by atoms with Crippen molar-refractivity contribution in [2.45, 2.75) is 39.3 Å². The van der Waals surface area contributed by atoms with Crippen LogP contribution >= 0.6 is 0 Å². The number of aromatic nitrogens is 1. The van der Waals surface area contributed by atoms with Gasteiger partial charge in [0.05, 0.1) is 37.6 Å². The third-order valence-corrected chi connectivity index (χ3v) is 4.41. The second-order valence-electron chi connectivity index (χ2n) is 7.97. The number of pyridine rings is 1. The number of carbonyl (C=O) groups is 4. The number of anilines is 1. The minimum atomic E-state index is -1.77. The molecule has 0 saturated heterocycles. The van der Waals surface area contributed by atoms with E-state index in [-0.39, 0.29) is 12.3 Å². The van der Waals surface area contributed by atoms with Gasteiger partial charge in [-0.05, 0) is 45.7 Å². The summed E-state index contributed by atoms with van der Waals surface area (Å²) in [6.07, 6.45) is 1.49. The number of para-hydroxylation sites is 1. The Hall–Kier alpha value is -4.04. The smallest absolute Gasteiger partial charge is 0.397 e. The van der Waals surface area contributed by atoms with E-state index in [2.05, 4.69) is 15.8 Å². The molecule has 10 nitrogen and oxygen atoms in total. The molecule has 1 aromatic carbocycles. The number of rotatable bonds is 6. The van der Waals surface area contributed by atoms with Gasteiger partial charge < -0.3 is 14.2 Å². The molecule has 2 aromatic rings. The van der Waals surface area contributed by atoms with Crippen molar-refractivity contribution < 1.29 is 33.4 Å². The zero-order chi connectivity index (χ0) is 25.5. The lowest BCUT2D eigenvalue weighted by Crippen LogP contribution is -2.51. The van der Waals surface area contributed by atoms with Crippen LogP contribution in [-0.4, -0.2) is 67.1 Å². The van der Waals surface area contributed by atoms with E-state index < -0.39 is 41.0 Å². The van der Waals surface area contributed by atoms with Crippen LogP contribution in [0.15, 0.2) is 47.1 Å². The molecule has 10 heteroatoms. The Bertz CT molecular complexity index is 1160. The van der Waals surface area contributed by atoms with Gasteiger partial charge in [0.1, 0.15) is 5.57 Å². The fourth-order valence-electron chi connectivity index (χ4n) is 2.96. The van der Waals surface area contributed by atoms with Crippen LogP contribution in [0.4, 0.5) is 5.69 Å². The molecule has 1 heterocycles. The van der Waals surface area contributed by atoms with Gasteiger partial charge in [0.15, 0.2) is 6.04 Å². The summed E-state index contributed by atoms with van der Waals surface area (Å²) < 4.78 is 14.6. The molecule has 1 unspecified atom stereocenters. The molecule has 0 fully saturated rings. The maximum Gasteiger partial charge on any atom is 0.397 e. The van der Waals surface area contributed by atoms with E-state index in [1.807, 2.05) is 0 Å². The largest absolute Gasteiger partial charge is 0.467 e. The van der Waals surface area contributed by atoms with Crippen molar-refractivity contribution in [3.63, 3.8) is 0 Å². The number of hydrogen-bond acceptors (Lipinski definition) is 9. The van der Waals surface area contributed by atoms with Crippen molar-refractivity contribution in [2.24, 2.45) is 4.99 Å². The maximum absolute atomic E-state index is 13.3. The van der Waals surface area contributed by atoms with Crippen molar-refractivity contribution in [3.8, 4) is 0 Å². The zero-order valence-corrected chi connectivity index (χ0v) is 19.9. The zero-order valence-electron chi connectivity index (χ0n) is 19.9. The molecule has 0 bridgehead atoms. The quantitative estimate of drug-likeness (QED) is 0.207. The lowest BCUT2D eigenvalue weighted by atomic mass is 10.0. The summed E-state index contributed by atoms with van der Waals surface area (Å²) in [7, 11) is 2.19. The van der Waals surface area contributed by atoms with Crippen molar-refractivity contribution in [1.82, 2.24) is 4.98 Å². The number of fused-ring (bicyclic) bond motifs is 1. The second-order valence-corrected chi connectivity index (χ2v) is 7.97. The van der Waals surface area contributed by atoms with Crippen LogP contribution in [0.1, 0.15) is 27.7 Å². The van der Waals surface area contributed by atoms with Crippen molar-refractivity contribution in [2.75, 3.05) is 25.7 Å². The van der Waals surface area contributed by atoms with Crippen LogP contribution in [-0.2, 0) is 33.4 Å². The first-order chi connectivity index (χ1) is 16.1. The third-order valence-electron chi connectivity index (χ3n) is 4.41. The van der Waals surface area contributed by atoms with Gasteiger partial charge in [-0.15, -0.1) is 0 Å². The van der Waals surface area contributed by atoms with Gasteiger partial charge in [0.2, 0.25) is 0 Å². The van der Waals surface area contributed by atoms with Crippen LogP contribution in [0.2, 0.25) is 0 Å². The number of carbonyl (C=O) groups excluding carboxylic acids is 4. The number of nitrogens with zero attached hydrogens (tertiary/aromatic N) is 3. The van der Waals surface area contributed by atoms with Crippen LogP contribution in [0, 0.1) is 0 Å². The number of ether oxygens (including phenoxy) is 3. The number of benzene rings is 1. The van der Waals surface area contributed by atoms with Crippen LogP contribution in [0.5, 0.6) is 0 Å². The first-order valence-electron chi connectivity index (χ1n) is 10.4. The Kier molecular flexibility index (Phi) is 8.64. The molecule has 1 aromatic heterocycles. The highest BCUT2D eigenvalue weighted by Crippen LogP contribution is 2.29. The monoisotopic (exact) mass is 469 g/mol. The van der Waals surface area contributed by atoms with Gasteiger partial charge in [0, 0.05) is 11.6 Å². The van der Waals surface area contributed by atoms with E-state index in [9.17, 15) is 19.2 Å². The molecule has 180 valence electrons. The van der Waals surface area contributed by atoms with Gasteiger partial charge in [-0.2, -0.15) is 0 Å². The SMILES string of the molecule is CCOC(=O)C(=O)N(c1cccc2cccnc12)C(C(=O)OC)C(=C=NC(C)(C)C)C(=O)OC. The summed E-state index contributed by atoms with van der Waals surface area (Å²) in [5.41, 5.74) is -0.745. The predicted octanol–water partition coefficient (Wildman–Crippen LogP) is 2.24. The molecular weight excluding hydrogens is 442 g/mol. The van der Waals surface area contributed by atoms with E-state index in [4.69, 9.17) is 14.2 Å². The molecule has 0 aliphatic carbocycles. The van der Waals surface area contributed by atoms with Crippen molar-refractivity contribution >= 4 is 46.3 Å². The average Bonchev–Trinajstić information content (AvgIpc) is 2.81. The van der Waals surface area contributed by atoms with Gasteiger partial charge in [0.25, 0.3) is 0 Å². The standard InChI is InChI=1S/C24H27N3O7/c1-7-34-23(31)20(28)27(17-12-8-10-15-11-9-13-25-18(15)17)19(22(30)33-6)16(21(29)32-5)14-26-24(2,3)4/h8-13,19H,7H2,1-6H3. The first kappa shape index (κ1) is 26.2. The summed E-state index contributed by atoms with van der Waals surface area (Å²) in [5, 5.41) is 0.622. The maximum atomic E-state index is 13.3. The second kappa shape index (κ2) is 11.2. The number of aliphatic imine (C=N–C) groups is 1. The molecule has 0 aliphatic rings. The molecule has 1 amide bonds. The van der Waals surface area contributed by atoms with Crippen LogP contribution in [0.25, 0.3) is 10.9 Å². The van der Waals surface area contributed by atoms with Gasteiger partial charge in [-0.25, -0.2) is 19.4 Å². The average molecular weight is 469 g/mol. The summed E-state index contributed by atoms with van der Waals surface area (Å²) >= 11 is 0.